The first-order chi connectivity index (χ1) is 26.9. The standard InChI is InChI=1S/C44H56F2N4O6Si/c1-26(2)57(27(3)4,28(5)6)17-15-32-35(45)13-12-30-18-31(55-25-52-11)19-33(37(30)32)39-38(46)40-34(41(48-39)50-16-14-29(50)7)21-47-42(49-40)54-24-44(22-53-23-44)20-36(51)56-43(8,9)10/h12-13,18-19,21,26-29H,14,16,20,22-25H2,1-11H3/t29-/m0/s1. The molecule has 6 rings (SSSR count). The highest BCUT2D eigenvalue weighted by Gasteiger charge is 2.44. The molecule has 13 heteroatoms. The van der Waals surface area contributed by atoms with Crippen LogP contribution in [0, 0.1) is 28.5 Å². The molecule has 0 unspecified atom stereocenters. The predicted molar refractivity (Wildman–Crippen MR) is 221 cm³/mol. The Kier molecular flexibility index (Phi) is 12.2. The van der Waals surface area contributed by atoms with E-state index in [1.54, 1.807) is 18.2 Å². The topological polar surface area (TPSA) is 105 Å². The summed E-state index contributed by atoms with van der Waals surface area (Å²) < 4.78 is 62.0. The molecule has 0 bridgehead atoms. The van der Waals surface area contributed by atoms with Crippen LogP contribution in [0.5, 0.6) is 11.8 Å². The molecule has 4 aromatic rings. The van der Waals surface area contributed by atoms with Crippen LogP contribution in [0.2, 0.25) is 16.6 Å². The zero-order valence-electron chi connectivity index (χ0n) is 35.1. The molecule has 57 heavy (non-hydrogen) atoms. The van der Waals surface area contributed by atoms with Crippen LogP contribution in [0.15, 0.2) is 30.5 Å². The van der Waals surface area contributed by atoms with E-state index in [-0.39, 0.29) is 54.6 Å². The molecule has 0 N–H and O–H groups in total. The summed E-state index contributed by atoms with van der Waals surface area (Å²) in [6, 6.07) is 6.57. The van der Waals surface area contributed by atoms with E-state index in [9.17, 15) is 4.79 Å². The Morgan fingerprint density at radius 3 is 2.32 bits per heavy atom. The second kappa shape index (κ2) is 16.5. The third-order valence-corrected chi connectivity index (χ3v) is 17.7. The number of carbonyl (C=O) groups is 1. The van der Waals surface area contributed by atoms with Gasteiger partial charge in [0.25, 0.3) is 0 Å². The van der Waals surface area contributed by atoms with Gasteiger partial charge in [-0.25, -0.2) is 18.7 Å². The van der Waals surface area contributed by atoms with Gasteiger partial charge in [-0.15, -0.1) is 5.54 Å². The highest BCUT2D eigenvalue weighted by molar-refractivity contribution is 6.90. The number of anilines is 1. The maximum absolute atomic E-state index is 17.4. The lowest BCUT2D eigenvalue weighted by Gasteiger charge is -2.40. The number of halogens is 2. The molecule has 10 nitrogen and oxygen atoms in total. The van der Waals surface area contributed by atoms with E-state index in [0.29, 0.717) is 69.7 Å². The number of aromatic nitrogens is 3. The minimum atomic E-state index is -2.30. The van der Waals surface area contributed by atoms with Crippen molar-refractivity contribution in [1.82, 2.24) is 15.0 Å². The van der Waals surface area contributed by atoms with Crippen LogP contribution >= 0.6 is 0 Å². The van der Waals surface area contributed by atoms with Crippen molar-refractivity contribution in [3.05, 3.63) is 47.7 Å². The average molecular weight is 803 g/mol. The summed E-state index contributed by atoms with van der Waals surface area (Å²) in [5.41, 5.74) is 3.81. The fraction of sp³-hybridized carbons (Fsp3) is 0.545. The lowest BCUT2D eigenvalue weighted by atomic mass is 9.83. The summed E-state index contributed by atoms with van der Waals surface area (Å²) >= 11 is 0. The smallest absolute Gasteiger partial charge is 0.317 e. The molecule has 4 heterocycles. The van der Waals surface area contributed by atoms with Gasteiger partial charge in [-0.3, -0.25) is 4.79 Å². The number of hydrogen-bond acceptors (Lipinski definition) is 10. The van der Waals surface area contributed by atoms with Crippen LogP contribution in [0.1, 0.15) is 87.6 Å². The SMILES string of the molecule is COCOc1cc(-c2nc(N3CC[C@@H]3C)c3cnc(OCC4(CC(=O)OC(C)(C)C)COC4)nc3c2F)c2c(C#C[Si](C(C)C)(C(C)C)C(C)C)c(F)ccc2c1. The highest BCUT2D eigenvalue weighted by atomic mass is 28.3. The Labute approximate surface area is 336 Å². The minimum absolute atomic E-state index is 0.00333. The Morgan fingerprint density at radius 2 is 1.75 bits per heavy atom. The van der Waals surface area contributed by atoms with Crippen LogP contribution in [-0.4, -0.2) is 80.9 Å². The molecule has 306 valence electrons. The van der Waals surface area contributed by atoms with Crippen molar-refractivity contribution < 1.29 is 37.3 Å². The van der Waals surface area contributed by atoms with E-state index in [0.717, 1.165) is 6.42 Å². The summed E-state index contributed by atoms with van der Waals surface area (Å²) in [5.74, 6) is 2.64. The molecule has 2 saturated heterocycles. The Balaban J connectivity index is 1.54. The summed E-state index contributed by atoms with van der Waals surface area (Å²) in [5, 5.41) is 1.45. The molecule has 0 spiro atoms. The second-order valence-corrected chi connectivity index (χ2v) is 23.2. The van der Waals surface area contributed by atoms with Crippen LogP contribution in [-0.2, 0) is 19.0 Å². The third kappa shape index (κ3) is 8.45. The molecule has 2 aromatic carbocycles. The van der Waals surface area contributed by atoms with Crippen LogP contribution in [0.25, 0.3) is 32.9 Å². The van der Waals surface area contributed by atoms with Gasteiger partial charge >= 0.3 is 12.0 Å². The first-order valence-electron chi connectivity index (χ1n) is 19.9. The Hall–Kier alpha value is -4.38. The number of esters is 1. The Morgan fingerprint density at radius 1 is 1.05 bits per heavy atom. The number of methoxy groups -OCH3 is 1. The second-order valence-electron chi connectivity index (χ2n) is 17.6. The molecule has 1 atom stereocenters. The van der Waals surface area contributed by atoms with Crippen molar-refractivity contribution in [2.45, 2.75) is 110 Å². The lowest BCUT2D eigenvalue weighted by molar-refractivity contribution is -0.176. The third-order valence-electron chi connectivity index (χ3n) is 11.4. The van der Waals surface area contributed by atoms with Crippen LogP contribution in [0.3, 0.4) is 0 Å². The van der Waals surface area contributed by atoms with Crippen molar-refractivity contribution >= 4 is 41.5 Å². The molecular formula is C44H56F2N4O6Si. The van der Waals surface area contributed by atoms with Crippen molar-refractivity contribution in [3.63, 3.8) is 0 Å². The van der Waals surface area contributed by atoms with Gasteiger partial charge in [-0.05, 0) is 74.3 Å². The normalized spacial score (nSPS) is 16.8. The molecule has 2 aliphatic rings. The highest BCUT2D eigenvalue weighted by Crippen LogP contribution is 2.44. The van der Waals surface area contributed by atoms with Gasteiger partial charge < -0.3 is 28.6 Å². The van der Waals surface area contributed by atoms with Gasteiger partial charge in [-0.2, -0.15) is 4.98 Å². The number of carbonyl (C=O) groups excluding carboxylic acids is 1. The van der Waals surface area contributed by atoms with E-state index in [1.807, 2.05) is 20.8 Å². The average Bonchev–Trinajstić information content (AvgIpc) is 3.11. The number of ether oxygens (including phenoxy) is 5. The van der Waals surface area contributed by atoms with E-state index in [1.165, 1.54) is 19.4 Å². The summed E-state index contributed by atoms with van der Waals surface area (Å²) in [6.07, 6.45) is 2.54. The number of benzene rings is 2. The minimum Gasteiger partial charge on any atom is -0.468 e. The maximum Gasteiger partial charge on any atom is 0.317 e. The first kappa shape index (κ1) is 42.2. The number of fused-ring (bicyclic) bond motifs is 2. The van der Waals surface area contributed by atoms with Gasteiger partial charge in [0.15, 0.2) is 12.6 Å². The molecule has 0 amide bonds. The van der Waals surface area contributed by atoms with Crippen LogP contribution < -0.4 is 14.4 Å². The van der Waals surface area contributed by atoms with Crippen molar-refractivity contribution in [2.75, 3.05) is 45.2 Å². The zero-order chi connectivity index (χ0) is 41.4. The number of nitrogens with zero attached hydrogens (tertiary/aromatic N) is 4. The molecule has 2 aromatic heterocycles. The summed E-state index contributed by atoms with van der Waals surface area (Å²) in [6.45, 7) is 22.1. The summed E-state index contributed by atoms with van der Waals surface area (Å²) in [7, 11) is -0.783. The molecular weight excluding hydrogens is 747 g/mol. The fourth-order valence-electron chi connectivity index (χ4n) is 8.39. The van der Waals surface area contributed by atoms with Crippen LogP contribution in [0.4, 0.5) is 14.6 Å². The maximum atomic E-state index is 17.4. The summed E-state index contributed by atoms with van der Waals surface area (Å²) in [4.78, 5) is 28.9. The molecule has 2 aliphatic heterocycles. The largest absolute Gasteiger partial charge is 0.468 e. The first-order valence-corrected chi connectivity index (χ1v) is 22.1. The monoisotopic (exact) mass is 802 g/mol. The number of hydrogen-bond donors (Lipinski definition) is 0. The van der Waals surface area contributed by atoms with E-state index in [2.05, 4.69) is 74.8 Å². The fourth-order valence-corrected chi connectivity index (χ4v) is 13.6. The van der Waals surface area contributed by atoms with E-state index >= 15 is 8.78 Å². The number of rotatable bonds is 13. The lowest BCUT2D eigenvalue weighted by Crippen LogP contribution is -2.49. The van der Waals surface area contributed by atoms with Gasteiger partial charge in [-0.1, -0.05) is 53.5 Å². The van der Waals surface area contributed by atoms with Gasteiger partial charge in [0.1, 0.15) is 48.9 Å². The molecule has 0 radical (unpaired) electrons. The van der Waals surface area contributed by atoms with Crippen molar-refractivity contribution in [2.24, 2.45) is 5.41 Å². The quantitative estimate of drug-likeness (QED) is 0.0562. The van der Waals surface area contributed by atoms with Gasteiger partial charge in [0.2, 0.25) is 0 Å². The van der Waals surface area contributed by atoms with Crippen molar-refractivity contribution in [3.8, 4) is 34.5 Å². The molecule has 0 saturated carbocycles. The zero-order valence-corrected chi connectivity index (χ0v) is 36.1. The van der Waals surface area contributed by atoms with E-state index in [4.69, 9.17) is 28.7 Å². The van der Waals surface area contributed by atoms with E-state index < -0.39 is 30.7 Å². The Bertz CT molecular complexity index is 2190. The van der Waals surface area contributed by atoms with Gasteiger partial charge in [0.05, 0.1) is 36.0 Å². The molecule has 0 aliphatic carbocycles. The predicted octanol–water partition coefficient (Wildman–Crippen LogP) is 9.40. The van der Waals surface area contributed by atoms with Crippen molar-refractivity contribution in [1.29, 1.82) is 0 Å². The molecule has 2 fully saturated rings. The van der Waals surface area contributed by atoms with Gasteiger partial charge in [0, 0.05) is 36.8 Å². The number of pyridine rings is 1.